The standard InChI is InChI=1S/C16H24N4O2S/c1-3-16-17-11-13-20(16)12-7-10-18-23(21,22)19(2)14-15-8-5-4-6-9-15/h4-6,8-9,11,13,18H,3,7,10,12,14H2,1-2H3. The molecule has 0 fully saturated rings. The summed E-state index contributed by atoms with van der Waals surface area (Å²) in [7, 11) is -1.87. The third-order valence-electron chi connectivity index (χ3n) is 3.64. The average Bonchev–Trinajstić information content (AvgIpc) is 3.00. The molecule has 2 rings (SSSR count). The van der Waals surface area contributed by atoms with Crippen LogP contribution >= 0.6 is 0 Å². The Morgan fingerprint density at radius 2 is 2.00 bits per heavy atom. The zero-order valence-electron chi connectivity index (χ0n) is 13.6. The van der Waals surface area contributed by atoms with Gasteiger partial charge in [0.25, 0.3) is 10.2 Å². The Morgan fingerprint density at radius 1 is 1.26 bits per heavy atom. The fraction of sp³-hybridized carbons (Fsp3) is 0.438. The number of nitrogens with one attached hydrogen (secondary N) is 1. The van der Waals surface area contributed by atoms with Crippen LogP contribution in [0, 0.1) is 0 Å². The second-order valence-corrected chi connectivity index (χ2v) is 7.25. The first kappa shape index (κ1) is 17.7. The van der Waals surface area contributed by atoms with Crippen molar-refractivity contribution in [3.05, 3.63) is 54.1 Å². The van der Waals surface area contributed by atoms with Gasteiger partial charge in [0.15, 0.2) is 0 Å². The second kappa shape index (κ2) is 8.24. The molecule has 1 aromatic carbocycles. The van der Waals surface area contributed by atoms with Gasteiger partial charge in [-0.1, -0.05) is 37.3 Å². The van der Waals surface area contributed by atoms with Gasteiger partial charge in [0.2, 0.25) is 0 Å². The van der Waals surface area contributed by atoms with Crippen LogP contribution in [0.5, 0.6) is 0 Å². The number of aryl methyl sites for hydroxylation is 2. The number of imidazole rings is 1. The fourth-order valence-corrected chi connectivity index (χ4v) is 3.29. The van der Waals surface area contributed by atoms with Crippen LogP contribution in [0.1, 0.15) is 24.7 Å². The molecule has 126 valence electrons. The van der Waals surface area contributed by atoms with Crippen molar-refractivity contribution in [2.45, 2.75) is 32.9 Å². The molecule has 0 bridgehead atoms. The number of hydrogen-bond acceptors (Lipinski definition) is 3. The minimum absolute atomic E-state index is 0.359. The van der Waals surface area contributed by atoms with Crippen molar-refractivity contribution in [3.8, 4) is 0 Å². The molecule has 6 nitrogen and oxygen atoms in total. The van der Waals surface area contributed by atoms with Crippen LogP contribution < -0.4 is 4.72 Å². The molecule has 23 heavy (non-hydrogen) atoms. The van der Waals surface area contributed by atoms with Crippen LogP contribution in [0.4, 0.5) is 0 Å². The summed E-state index contributed by atoms with van der Waals surface area (Å²) in [6.45, 7) is 3.58. The van der Waals surface area contributed by atoms with Gasteiger partial charge in [-0.15, -0.1) is 0 Å². The van der Waals surface area contributed by atoms with Crippen LogP contribution in [-0.4, -0.2) is 35.9 Å². The van der Waals surface area contributed by atoms with Crippen LogP contribution in [0.15, 0.2) is 42.7 Å². The average molecular weight is 336 g/mol. The Morgan fingerprint density at radius 3 is 2.70 bits per heavy atom. The van der Waals surface area contributed by atoms with Gasteiger partial charge in [-0.3, -0.25) is 0 Å². The third-order valence-corrected chi connectivity index (χ3v) is 5.16. The van der Waals surface area contributed by atoms with Gasteiger partial charge in [0, 0.05) is 45.5 Å². The van der Waals surface area contributed by atoms with Gasteiger partial charge in [-0.2, -0.15) is 12.7 Å². The predicted octanol–water partition coefficient (Wildman–Crippen LogP) is 1.80. The summed E-state index contributed by atoms with van der Waals surface area (Å²) in [4.78, 5) is 4.25. The first-order valence-electron chi connectivity index (χ1n) is 7.78. The first-order valence-corrected chi connectivity index (χ1v) is 9.22. The van der Waals surface area contributed by atoms with Gasteiger partial charge >= 0.3 is 0 Å². The number of benzene rings is 1. The molecule has 0 saturated heterocycles. The molecule has 0 aliphatic rings. The molecule has 2 aromatic rings. The molecular weight excluding hydrogens is 312 g/mol. The summed E-state index contributed by atoms with van der Waals surface area (Å²) in [5.74, 6) is 1.02. The molecule has 0 saturated carbocycles. The molecule has 0 spiro atoms. The first-order chi connectivity index (χ1) is 11.0. The monoisotopic (exact) mass is 336 g/mol. The van der Waals surface area contributed by atoms with Gasteiger partial charge in [-0.05, 0) is 12.0 Å². The van der Waals surface area contributed by atoms with E-state index in [0.717, 1.165) is 30.8 Å². The molecule has 0 atom stereocenters. The van der Waals surface area contributed by atoms with Crippen molar-refractivity contribution in [2.75, 3.05) is 13.6 Å². The summed E-state index contributed by atoms with van der Waals surface area (Å²) in [6.07, 6.45) is 5.30. The smallest absolute Gasteiger partial charge is 0.279 e. The molecule has 0 aliphatic heterocycles. The lowest BCUT2D eigenvalue weighted by Gasteiger charge is -2.18. The Kier molecular flexibility index (Phi) is 6.32. The summed E-state index contributed by atoms with van der Waals surface area (Å²) < 4.78 is 30.5. The minimum atomic E-state index is -3.46. The second-order valence-electron chi connectivity index (χ2n) is 5.38. The van der Waals surface area contributed by atoms with E-state index in [0.29, 0.717) is 13.1 Å². The highest BCUT2D eigenvalue weighted by Crippen LogP contribution is 2.06. The van der Waals surface area contributed by atoms with E-state index < -0.39 is 10.2 Å². The molecule has 7 heteroatoms. The molecule has 1 aromatic heterocycles. The highest BCUT2D eigenvalue weighted by atomic mass is 32.2. The van der Waals surface area contributed by atoms with E-state index in [2.05, 4.69) is 21.2 Å². The number of aromatic nitrogens is 2. The Hall–Kier alpha value is -1.70. The van der Waals surface area contributed by atoms with Gasteiger partial charge in [0.05, 0.1) is 0 Å². The van der Waals surface area contributed by atoms with Crippen LogP contribution in [0.2, 0.25) is 0 Å². The van der Waals surface area contributed by atoms with E-state index in [1.54, 1.807) is 13.2 Å². The van der Waals surface area contributed by atoms with Crippen molar-refractivity contribution < 1.29 is 8.42 Å². The summed E-state index contributed by atoms with van der Waals surface area (Å²) in [5, 5.41) is 0. The maximum absolute atomic E-state index is 12.2. The number of nitrogens with zero attached hydrogens (tertiary/aromatic N) is 3. The fourth-order valence-electron chi connectivity index (χ4n) is 2.34. The molecule has 0 radical (unpaired) electrons. The molecule has 0 unspecified atom stereocenters. The zero-order valence-corrected chi connectivity index (χ0v) is 14.5. The quantitative estimate of drug-likeness (QED) is 0.710. The molecular formula is C16H24N4O2S. The lowest BCUT2D eigenvalue weighted by Crippen LogP contribution is -2.38. The lowest BCUT2D eigenvalue weighted by atomic mass is 10.2. The Bertz CT molecular complexity index is 698. The summed E-state index contributed by atoms with van der Waals surface area (Å²) in [5.41, 5.74) is 0.964. The predicted molar refractivity (Wildman–Crippen MR) is 91.1 cm³/mol. The van der Waals surface area contributed by atoms with Gasteiger partial charge in [-0.25, -0.2) is 9.71 Å². The maximum atomic E-state index is 12.2. The van der Waals surface area contributed by atoms with E-state index in [-0.39, 0.29) is 0 Å². The SMILES string of the molecule is CCc1nccn1CCCNS(=O)(=O)N(C)Cc1ccccc1. The molecule has 1 N–H and O–H groups in total. The Labute approximate surface area is 138 Å². The third kappa shape index (κ3) is 5.16. The van der Waals surface area contributed by atoms with Crippen LogP contribution in [0.25, 0.3) is 0 Å². The van der Waals surface area contributed by atoms with E-state index in [4.69, 9.17) is 0 Å². The lowest BCUT2D eigenvalue weighted by molar-refractivity contribution is 0.452. The summed E-state index contributed by atoms with van der Waals surface area (Å²) >= 11 is 0. The number of rotatable bonds is 9. The maximum Gasteiger partial charge on any atom is 0.279 e. The van der Waals surface area contributed by atoms with Crippen molar-refractivity contribution in [2.24, 2.45) is 0 Å². The van der Waals surface area contributed by atoms with Gasteiger partial charge in [0.1, 0.15) is 5.82 Å². The van der Waals surface area contributed by atoms with Crippen LogP contribution in [0.3, 0.4) is 0 Å². The largest absolute Gasteiger partial charge is 0.335 e. The molecule has 0 amide bonds. The van der Waals surface area contributed by atoms with Crippen molar-refractivity contribution in [1.29, 1.82) is 0 Å². The number of hydrogen-bond donors (Lipinski definition) is 1. The normalized spacial score (nSPS) is 12.0. The van der Waals surface area contributed by atoms with Crippen molar-refractivity contribution in [3.63, 3.8) is 0 Å². The van der Waals surface area contributed by atoms with E-state index in [1.165, 1.54) is 4.31 Å². The van der Waals surface area contributed by atoms with E-state index in [9.17, 15) is 8.42 Å². The molecule has 0 aliphatic carbocycles. The van der Waals surface area contributed by atoms with Crippen molar-refractivity contribution >= 4 is 10.2 Å². The highest BCUT2D eigenvalue weighted by Gasteiger charge is 2.16. The van der Waals surface area contributed by atoms with Crippen molar-refractivity contribution in [1.82, 2.24) is 18.6 Å². The minimum Gasteiger partial charge on any atom is -0.335 e. The highest BCUT2D eigenvalue weighted by molar-refractivity contribution is 7.87. The Balaban J connectivity index is 1.79. The van der Waals surface area contributed by atoms with E-state index >= 15 is 0 Å². The van der Waals surface area contributed by atoms with Gasteiger partial charge < -0.3 is 4.57 Å². The zero-order chi connectivity index (χ0) is 16.7. The van der Waals surface area contributed by atoms with E-state index in [1.807, 2.05) is 36.5 Å². The van der Waals surface area contributed by atoms with Crippen LogP contribution in [-0.2, 0) is 29.7 Å². The molecule has 1 heterocycles. The summed E-state index contributed by atoms with van der Waals surface area (Å²) in [6, 6.07) is 9.55. The topological polar surface area (TPSA) is 67.2 Å².